The normalized spacial score (nSPS) is 16.2. The molecule has 3 N–H and O–H groups in total. The first-order valence-corrected chi connectivity index (χ1v) is 7.86. The third kappa shape index (κ3) is 3.31. The van der Waals surface area contributed by atoms with Crippen molar-refractivity contribution in [3.63, 3.8) is 0 Å². The SMILES string of the molecule is O=C(O)c1cccc(C(=O)NCC2(C(O)c3ccccc3)CC2)c1. The second kappa shape index (κ2) is 6.45. The first-order chi connectivity index (χ1) is 11.5. The summed E-state index contributed by atoms with van der Waals surface area (Å²) >= 11 is 0. The number of aliphatic hydroxyl groups is 1. The quantitative estimate of drug-likeness (QED) is 0.762. The Labute approximate surface area is 139 Å². The largest absolute Gasteiger partial charge is 0.478 e. The molecule has 1 aliphatic carbocycles. The van der Waals surface area contributed by atoms with Crippen molar-refractivity contribution in [3.05, 3.63) is 71.3 Å². The third-order valence-corrected chi connectivity index (χ3v) is 4.56. The Kier molecular flexibility index (Phi) is 4.36. The van der Waals surface area contributed by atoms with Gasteiger partial charge in [0.25, 0.3) is 5.91 Å². The number of hydrogen-bond donors (Lipinski definition) is 3. The van der Waals surface area contributed by atoms with Crippen LogP contribution in [0.15, 0.2) is 54.6 Å². The van der Waals surface area contributed by atoms with E-state index < -0.39 is 12.1 Å². The van der Waals surface area contributed by atoms with Crippen molar-refractivity contribution in [2.75, 3.05) is 6.54 Å². The summed E-state index contributed by atoms with van der Waals surface area (Å²) in [5, 5.41) is 22.4. The van der Waals surface area contributed by atoms with Crippen LogP contribution in [0, 0.1) is 5.41 Å². The summed E-state index contributed by atoms with van der Waals surface area (Å²) in [6.07, 6.45) is 1.07. The topological polar surface area (TPSA) is 86.6 Å². The van der Waals surface area contributed by atoms with Crippen LogP contribution in [0.3, 0.4) is 0 Å². The van der Waals surface area contributed by atoms with Crippen molar-refractivity contribution in [3.8, 4) is 0 Å². The third-order valence-electron chi connectivity index (χ3n) is 4.56. The summed E-state index contributed by atoms with van der Waals surface area (Å²) in [7, 11) is 0. The average molecular weight is 325 g/mol. The summed E-state index contributed by atoms with van der Waals surface area (Å²) in [6.45, 7) is 0.360. The summed E-state index contributed by atoms with van der Waals surface area (Å²) in [5.74, 6) is -1.40. The van der Waals surface area contributed by atoms with E-state index in [-0.39, 0.29) is 16.9 Å². The second-order valence-corrected chi connectivity index (χ2v) is 6.24. The van der Waals surface area contributed by atoms with E-state index in [1.807, 2.05) is 30.3 Å². The molecule has 2 aromatic carbocycles. The molecule has 5 nitrogen and oxygen atoms in total. The number of hydrogen-bond acceptors (Lipinski definition) is 3. The minimum Gasteiger partial charge on any atom is -0.478 e. The maximum Gasteiger partial charge on any atom is 0.335 e. The van der Waals surface area contributed by atoms with Crippen molar-refractivity contribution in [2.24, 2.45) is 5.41 Å². The molecule has 124 valence electrons. The van der Waals surface area contributed by atoms with E-state index in [1.54, 1.807) is 12.1 Å². The van der Waals surface area contributed by atoms with Crippen molar-refractivity contribution in [1.29, 1.82) is 0 Å². The van der Waals surface area contributed by atoms with E-state index in [1.165, 1.54) is 12.1 Å². The number of benzene rings is 2. The van der Waals surface area contributed by atoms with Gasteiger partial charge >= 0.3 is 5.97 Å². The Morgan fingerprint density at radius 3 is 2.33 bits per heavy atom. The molecule has 1 amide bonds. The maximum atomic E-state index is 12.3. The Balaban J connectivity index is 1.66. The smallest absolute Gasteiger partial charge is 0.335 e. The maximum absolute atomic E-state index is 12.3. The Bertz CT molecular complexity index is 753. The number of nitrogens with one attached hydrogen (secondary N) is 1. The molecule has 0 heterocycles. The van der Waals surface area contributed by atoms with Crippen LogP contribution in [0.5, 0.6) is 0 Å². The highest BCUT2D eigenvalue weighted by Gasteiger charge is 2.49. The van der Waals surface area contributed by atoms with Gasteiger partial charge in [-0.15, -0.1) is 0 Å². The minimum absolute atomic E-state index is 0.0769. The van der Waals surface area contributed by atoms with Crippen LogP contribution in [-0.2, 0) is 0 Å². The van der Waals surface area contributed by atoms with Gasteiger partial charge in [-0.25, -0.2) is 4.79 Å². The number of carboxylic acids is 1. The molecule has 2 aromatic rings. The van der Waals surface area contributed by atoms with Crippen LogP contribution in [0.25, 0.3) is 0 Å². The highest BCUT2D eigenvalue weighted by Crippen LogP contribution is 2.54. The van der Waals surface area contributed by atoms with E-state index in [2.05, 4.69) is 5.32 Å². The zero-order valence-electron chi connectivity index (χ0n) is 13.1. The standard InChI is InChI=1S/C19H19NO4/c21-16(13-5-2-1-3-6-13)19(9-10-19)12-20-17(22)14-7-4-8-15(11-14)18(23)24/h1-8,11,16,21H,9-10,12H2,(H,20,22)(H,23,24). The van der Waals surface area contributed by atoms with Gasteiger partial charge in [0.1, 0.15) is 0 Å². The van der Waals surface area contributed by atoms with Crippen molar-refractivity contribution < 1.29 is 19.8 Å². The second-order valence-electron chi connectivity index (χ2n) is 6.24. The molecule has 3 rings (SSSR count). The van der Waals surface area contributed by atoms with Crippen LogP contribution in [-0.4, -0.2) is 28.6 Å². The number of rotatable bonds is 6. The van der Waals surface area contributed by atoms with Crippen LogP contribution in [0.4, 0.5) is 0 Å². The number of carbonyl (C=O) groups is 2. The summed E-state index contributed by atoms with van der Waals surface area (Å²) in [6, 6.07) is 15.3. The zero-order valence-corrected chi connectivity index (χ0v) is 13.1. The lowest BCUT2D eigenvalue weighted by Gasteiger charge is -2.23. The molecule has 0 aliphatic heterocycles. The monoisotopic (exact) mass is 325 g/mol. The predicted octanol–water partition coefficient (Wildman–Crippen LogP) is 2.63. The average Bonchev–Trinajstić information content (AvgIpc) is 3.41. The molecule has 5 heteroatoms. The van der Waals surface area contributed by atoms with E-state index in [0.717, 1.165) is 18.4 Å². The molecule has 1 saturated carbocycles. The highest BCUT2D eigenvalue weighted by molar-refractivity contribution is 5.97. The first kappa shape index (κ1) is 16.2. The molecule has 0 aromatic heterocycles. The van der Waals surface area contributed by atoms with Gasteiger partial charge in [-0.3, -0.25) is 4.79 Å². The van der Waals surface area contributed by atoms with Gasteiger partial charge in [-0.2, -0.15) is 0 Å². The van der Waals surface area contributed by atoms with Crippen LogP contribution in [0.2, 0.25) is 0 Å². The fraction of sp³-hybridized carbons (Fsp3) is 0.263. The zero-order chi connectivity index (χ0) is 17.2. The predicted molar refractivity (Wildman–Crippen MR) is 88.8 cm³/mol. The lowest BCUT2D eigenvalue weighted by molar-refractivity contribution is 0.0697. The number of carboxylic acid groups (broad SMARTS) is 1. The Morgan fingerprint density at radius 2 is 1.71 bits per heavy atom. The number of aliphatic hydroxyl groups excluding tert-OH is 1. The molecule has 0 bridgehead atoms. The summed E-state index contributed by atoms with van der Waals surface area (Å²) < 4.78 is 0. The minimum atomic E-state index is -1.07. The van der Waals surface area contributed by atoms with Gasteiger partial charge in [0.15, 0.2) is 0 Å². The molecule has 1 aliphatic rings. The van der Waals surface area contributed by atoms with Gasteiger partial charge in [0, 0.05) is 17.5 Å². The van der Waals surface area contributed by atoms with Gasteiger partial charge in [-0.1, -0.05) is 36.4 Å². The highest BCUT2D eigenvalue weighted by atomic mass is 16.4. The van der Waals surface area contributed by atoms with Gasteiger partial charge < -0.3 is 15.5 Å². The number of aromatic carboxylic acids is 1. The van der Waals surface area contributed by atoms with E-state index in [4.69, 9.17) is 5.11 Å². The summed E-state index contributed by atoms with van der Waals surface area (Å²) in [4.78, 5) is 23.3. The van der Waals surface area contributed by atoms with Crippen molar-refractivity contribution in [2.45, 2.75) is 18.9 Å². The number of carbonyl (C=O) groups excluding carboxylic acids is 1. The first-order valence-electron chi connectivity index (χ1n) is 7.86. The molecule has 1 atom stereocenters. The van der Waals surface area contributed by atoms with Gasteiger partial charge in [0.05, 0.1) is 11.7 Å². The van der Waals surface area contributed by atoms with Crippen molar-refractivity contribution >= 4 is 11.9 Å². The lowest BCUT2D eigenvalue weighted by Crippen LogP contribution is -2.33. The lowest BCUT2D eigenvalue weighted by atomic mass is 9.92. The van der Waals surface area contributed by atoms with Crippen LogP contribution < -0.4 is 5.32 Å². The molecule has 0 saturated heterocycles. The fourth-order valence-corrected chi connectivity index (χ4v) is 2.85. The van der Waals surface area contributed by atoms with Gasteiger partial charge in [-0.05, 0) is 36.6 Å². The van der Waals surface area contributed by atoms with Crippen molar-refractivity contribution in [1.82, 2.24) is 5.32 Å². The molecular weight excluding hydrogens is 306 g/mol. The van der Waals surface area contributed by atoms with Crippen LogP contribution in [0.1, 0.15) is 45.2 Å². The fourth-order valence-electron chi connectivity index (χ4n) is 2.85. The molecule has 1 fully saturated rings. The van der Waals surface area contributed by atoms with Crippen LogP contribution >= 0.6 is 0 Å². The number of amides is 1. The Hall–Kier alpha value is -2.66. The van der Waals surface area contributed by atoms with E-state index >= 15 is 0 Å². The van der Waals surface area contributed by atoms with Gasteiger partial charge in [0.2, 0.25) is 0 Å². The molecule has 0 spiro atoms. The molecule has 24 heavy (non-hydrogen) atoms. The Morgan fingerprint density at radius 1 is 1.04 bits per heavy atom. The van der Waals surface area contributed by atoms with E-state index in [9.17, 15) is 14.7 Å². The van der Waals surface area contributed by atoms with E-state index in [0.29, 0.717) is 12.1 Å². The summed E-state index contributed by atoms with van der Waals surface area (Å²) in [5.41, 5.74) is 0.895. The molecule has 0 radical (unpaired) electrons. The molecular formula is C19H19NO4. The molecule has 1 unspecified atom stereocenters.